The van der Waals surface area contributed by atoms with Crippen LogP contribution in [0.3, 0.4) is 0 Å². The normalized spacial score (nSPS) is 11.9. The summed E-state index contributed by atoms with van der Waals surface area (Å²) in [6, 6.07) is 0. The Labute approximate surface area is 501 Å². The van der Waals surface area contributed by atoms with Crippen molar-refractivity contribution in [3.63, 3.8) is 0 Å². The maximum Gasteiger partial charge on any atom is 0.306 e. The van der Waals surface area contributed by atoms with Gasteiger partial charge in [0, 0.05) is 19.3 Å². The number of carbonyl (C=O) groups is 3. The average Bonchev–Trinajstić information content (AvgIpc) is 3.46. The predicted octanol–water partition coefficient (Wildman–Crippen LogP) is 25.4. The molecule has 6 nitrogen and oxygen atoms in total. The molecule has 0 bridgehead atoms. The molecule has 0 aromatic rings. The van der Waals surface area contributed by atoms with Crippen molar-refractivity contribution in [2.24, 2.45) is 0 Å². The fourth-order valence-electron chi connectivity index (χ4n) is 11.8. The van der Waals surface area contributed by atoms with Crippen LogP contribution in [0.25, 0.3) is 0 Å². The van der Waals surface area contributed by atoms with Crippen molar-refractivity contribution in [3.8, 4) is 0 Å². The first-order chi connectivity index (χ1) is 39.5. The molecule has 0 spiro atoms. The molecular formula is C74H144O6. The third kappa shape index (κ3) is 67.2. The number of unbranched alkanes of at least 4 members (excludes halogenated alkanes) is 59. The standard InChI is InChI=1S/C74H144O6/c1-4-7-10-13-15-17-19-21-23-25-27-29-31-32-33-34-35-36-37-38-39-40-41-42-43-45-46-48-50-52-54-56-58-61-64-67-73(76)79-70-71(69-78-72(75)66-63-60-12-9-6-3)80-74(77)68-65-62-59-57-55-53-51-49-47-44-30-28-26-24-22-20-18-16-14-11-8-5-2/h71H,4-70H2,1-3H3. The lowest BCUT2D eigenvalue weighted by atomic mass is 10.0. The highest BCUT2D eigenvalue weighted by atomic mass is 16.6. The van der Waals surface area contributed by atoms with E-state index in [4.69, 9.17) is 14.2 Å². The zero-order chi connectivity index (χ0) is 57.8. The average molecular weight is 1130 g/mol. The van der Waals surface area contributed by atoms with Crippen LogP contribution in [0.15, 0.2) is 0 Å². The smallest absolute Gasteiger partial charge is 0.306 e. The SMILES string of the molecule is CCCCCCCCCCCCCCCCCCCCCCCCCCCCCCCCCCCCCC(=O)OCC(COC(=O)CCCCCCC)OC(=O)CCCCCCCCCCCCCCCCCCCCCCCC. The van der Waals surface area contributed by atoms with Gasteiger partial charge in [0.1, 0.15) is 13.2 Å². The number of ether oxygens (including phenoxy) is 3. The van der Waals surface area contributed by atoms with Crippen LogP contribution in [0.4, 0.5) is 0 Å². The minimum atomic E-state index is -0.761. The van der Waals surface area contributed by atoms with Crippen molar-refractivity contribution in [2.75, 3.05) is 13.2 Å². The minimum Gasteiger partial charge on any atom is -0.462 e. The topological polar surface area (TPSA) is 78.9 Å². The Bertz CT molecular complexity index is 1200. The molecule has 0 aromatic heterocycles. The van der Waals surface area contributed by atoms with Gasteiger partial charge in [0.15, 0.2) is 6.10 Å². The van der Waals surface area contributed by atoms with Gasteiger partial charge in [-0.1, -0.05) is 400 Å². The summed E-state index contributed by atoms with van der Waals surface area (Å²) in [5.41, 5.74) is 0. The Kier molecular flexibility index (Phi) is 68.5. The number of hydrogen-bond donors (Lipinski definition) is 0. The van der Waals surface area contributed by atoms with Gasteiger partial charge in [-0.25, -0.2) is 0 Å². The van der Waals surface area contributed by atoms with E-state index in [1.165, 1.54) is 334 Å². The molecule has 0 fully saturated rings. The lowest BCUT2D eigenvalue weighted by Crippen LogP contribution is -2.30. The molecule has 476 valence electrons. The highest BCUT2D eigenvalue weighted by Crippen LogP contribution is 2.20. The highest BCUT2D eigenvalue weighted by Gasteiger charge is 2.20. The van der Waals surface area contributed by atoms with Crippen molar-refractivity contribution in [1.82, 2.24) is 0 Å². The van der Waals surface area contributed by atoms with Crippen LogP contribution < -0.4 is 0 Å². The molecule has 0 heterocycles. The molecule has 0 amide bonds. The molecule has 0 rings (SSSR count). The van der Waals surface area contributed by atoms with Crippen LogP contribution in [0, 0.1) is 0 Å². The van der Waals surface area contributed by atoms with Crippen LogP contribution in [0.5, 0.6) is 0 Å². The van der Waals surface area contributed by atoms with Gasteiger partial charge in [-0.3, -0.25) is 14.4 Å². The van der Waals surface area contributed by atoms with E-state index in [0.717, 1.165) is 64.2 Å². The van der Waals surface area contributed by atoms with E-state index in [-0.39, 0.29) is 31.1 Å². The largest absolute Gasteiger partial charge is 0.462 e. The van der Waals surface area contributed by atoms with Crippen LogP contribution in [0.1, 0.15) is 438 Å². The Morgan fingerprint density at radius 2 is 0.338 bits per heavy atom. The Hall–Kier alpha value is -1.59. The second-order valence-corrected chi connectivity index (χ2v) is 25.6. The summed E-state index contributed by atoms with van der Waals surface area (Å²) in [6.07, 6.45) is 83.7. The molecule has 0 N–H and O–H groups in total. The molecule has 80 heavy (non-hydrogen) atoms. The van der Waals surface area contributed by atoms with Gasteiger partial charge >= 0.3 is 17.9 Å². The Morgan fingerprint density at radius 1 is 0.200 bits per heavy atom. The van der Waals surface area contributed by atoms with Gasteiger partial charge in [0.05, 0.1) is 0 Å². The van der Waals surface area contributed by atoms with Crippen LogP contribution in [0.2, 0.25) is 0 Å². The molecule has 0 aliphatic rings. The van der Waals surface area contributed by atoms with E-state index in [1.807, 2.05) is 0 Å². The molecule has 0 aromatic carbocycles. The fourth-order valence-corrected chi connectivity index (χ4v) is 11.8. The lowest BCUT2D eigenvalue weighted by molar-refractivity contribution is -0.167. The predicted molar refractivity (Wildman–Crippen MR) is 349 cm³/mol. The summed E-state index contributed by atoms with van der Waals surface area (Å²) in [6.45, 7) is 6.65. The molecular weight excluding hydrogens is 985 g/mol. The van der Waals surface area contributed by atoms with Gasteiger partial charge in [-0.15, -0.1) is 0 Å². The minimum absolute atomic E-state index is 0.0621. The summed E-state index contributed by atoms with van der Waals surface area (Å²) < 4.78 is 16.8. The molecule has 0 saturated heterocycles. The van der Waals surface area contributed by atoms with E-state index in [2.05, 4.69) is 20.8 Å². The van der Waals surface area contributed by atoms with Gasteiger partial charge < -0.3 is 14.2 Å². The van der Waals surface area contributed by atoms with Gasteiger partial charge in [-0.2, -0.15) is 0 Å². The molecule has 0 aliphatic heterocycles. The molecule has 0 radical (unpaired) electrons. The third-order valence-corrected chi connectivity index (χ3v) is 17.4. The molecule has 1 unspecified atom stereocenters. The van der Waals surface area contributed by atoms with Crippen molar-refractivity contribution in [1.29, 1.82) is 0 Å². The number of esters is 3. The van der Waals surface area contributed by atoms with Crippen LogP contribution >= 0.6 is 0 Å². The molecule has 6 heteroatoms. The van der Waals surface area contributed by atoms with E-state index < -0.39 is 6.10 Å². The monoisotopic (exact) mass is 1130 g/mol. The second kappa shape index (κ2) is 69.9. The van der Waals surface area contributed by atoms with Gasteiger partial charge in [-0.05, 0) is 19.3 Å². The quantitative estimate of drug-likeness (QED) is 0.0343. The van der Waals surface area contributed by atoms with E-state index in [9.17, 15) is 14.4 Å². The maximum atomic E-state index is 12.9. The number of rotatable bonds is 70. The van der Waals surface area contributed by atoms with Crippen molar-refractivity contribution >= 4 is 17.9 Å². The first-order valence-corrected chi connectivity index (χ1v) is 37.0. The van der Waals surface area contributed by atoms with Gasteiger partial charge in [0.25, 0.3) is 0 Å². The van der Waals surface area contributed by atoms with E-state index in [0.29, 0.717) is 19.3 Å². The van der Waals surface area contributed by atoms with Crippen molar-refractivity contribution in [2.45, 2.75) is 444 Å². The van der Waals surface area contributed by atoms with Crippen molar-refractivity contribution < 1.29 is 28.6 Å². The van der Waals surface area contributed by atoms with Crippen molar-refractivity contribution in [3.05, 3.63) is 0 Å². The van der Waals surface area contributed by atoms with Gasteiger partial charge in [0.2, 0.25) is 0 Å². The first-order valence-electron chi connectivity index (χ1n) is 37.0. The zero-order valence-corrected chi connectivity index (χ0v) is 54.9. The summed E-state index contributed by atoms with van der Waals surface area (Å²) in [5, 5.41) is 0. The third-order valence-electron chi connectivity index (χ3n) is 17.4. The summed E-state index contributed by atoms with van der Waals surface area (Å²) in [4.78, 5) is 38.0. The Morgan fingerprint density at radius 3 is 0.500 bits per heavy atom. The fraction of sp³-hybridized carbons (Fsp3) is 0.959. The number of hydrogen-bond acceptors (Lipinski definition) is 6. The molecule has 1 atom stereocenters. The van der Waals surface area contributed by atoms with Crippen LogP contribution in [-0.4, -0.2) is 37.2 Å². The summed E-state index contributed by atoms with van der Waals surface area (Å²) >= 11 is 0. The van der Waals surface area contributed by atoms with E-state index >= 15 is 0 Å². The summed E-state index contributed by atoms with van der Waals surface area (Å²) in [5.74, 6) is -0.842. The lowest BCUT2D eigenvalue weighted by Gasteiger charge is -2.18. The van der Waals surface area contributed by atoms with Crippen LogP contribution in [-0.2, 0) is 28.6 Å². The first kappa shape index (κ1) is 78.4. The number of carbonyl (C=O) groups excluding carboxylic acids is 3. The highest BCUT2D eigenvalue weighted by molar-refractivity contribution is 5.71. The van der Waals surface area contributed by atoms with E-state index in [1.54, 1.807) is 0 Å². The summed E-state index contributed by atoms with van der Waals surface area (Å²) in [7, 11) is 0. The second-order valence-electron chi connectivity index (χ2n) is 25.6. The Balaban J connectivity index is 3.82. The molecule has 0 aliphatic carbocycles. The maximum absolute atomic E-state index is 12.9. The zero-order valence-electron chi connectivity index (χ0n) is 54.9. The molecule has 0 saturated carbocycles.